The van der Waals surface area contributed by atoms with Crippen LogP contribution in [-0.4, -0.2) is 27.1 Å². The molecule has 0 aliphatic heterocycles. The third kappa shape index (κ3) is 4.11. The van der Waals surface area contributed by atoms with E-state index in [0.717, 1.165) is 24.4 Å². The highest BCUT2D eigenvalue weighted by Crippen LogP contribution is 2.31. The molecule has 11 nitrogen and oxygen atoms in total. The second-order valence-electron chi connectivity index (χ2n) is 5.75. The molecule has 0 saturated heterocycles. The van der Waals surface area contributed by atoms with Gasteiger partial charge in [0, 0.05) is 6.07 Å². The van der Waals surface area contributed by atoms with Gasteiger partial charge in [0.15, 0.2) is 0 Å². The summed E-state index contributed by atoms with van der Waals surface area (Å²) in [6.07, 6.45) is 1.07. The van der Waals surface area contributed by atoms with Gasteiger partial charge in [0.2, 0.25) is 5.75 Å². The first-order chi connectivity index (χ1) is 14.3. The van der Waals surface area contributed by atoms with Gasteiger partial charge in [0.25, 0.3) is 11.6 Å². The number of aromatic hydroxyl groups is 1. The first kappa shape index (κ1) is 20.1. The minimum atomic E-state index is -0.909. The van der Waals surface area contributed by atoms with Gasteiger partial charge in [-0.15, -0.1) is 0 Å². The largest absolute Gasteiger partial charge is 0.502 e. The third-order valence-corrected chi connectivity index (χ3v) is 3.86. The van der Waals surface area contributed by atoms with Crippen LogP contribution in [0.4, 0.5) is 15.8 Å². The molecule has 0 spiro atoms. The molecule has 3 aromatic rings. The average molecular weight is 414 g/mol. The monoisotopic (exact) mass is 414 g/mol. The minimum absolute atomic E-state index is 0.0478. The van der Waals surface area contributed by atoms with Crippen LogP contribution in [0.15, 0.2) is 58.0 Å². The van der Waals surface area contributed by atoms with E-state index in [2.05, 4.69) is 10.5 Å². The minimum Gasteiger partial charge on any atom is -0.502 e. The van der Waals surface area contributed by atoms with Crippen molar-refractivity contribution in [3.05, 3.63) is 85.9 Å². The van der Waals surface area contributed by atoms with Gasteiger partial charge in [-0.1, -0.05) is 6.07 Å². The van der Waals surface area contributed by atoms with Crippen LogP contribution in [-0.2, 0) is 0 Å². The SMILES string of the molecule is O=C(N/N=C\c1ccc(-c2ccc(F)cc2[N+](=O)[O-])o1)c1cccc([N+](=O)[O-])c1O. The van der Waals surface area contributed by atoms with Crippen LogP contribution < -0.4 is 5.43 Å². The molecule has 0 radical (unpaired) electrons. The Balaban J connectivity index is 1.76. The van der Waals surface area contributed by atoms with Crippen molar-refractivity contribution in [2.24, 2.45) is 5.10 Å². The first-order valence-electron chi connectivity index (χ1n) is 8.12. The number of nitrogens with zero attached hydrogens (tertiary/aromatic N) is 3. The van der Waals surface area contributed by atoms with Crippen molar-refractivity contribution < 1.29 is 28.6 Å². The number of rotatable bonds is 6. The van der Waals surface area contributed by atoms with E-state index in [-0.39, 0.29) is 22.6 Å². The molecule has 0 atom stereocenters. The molecule has 152 valence electrons. The van der Waals surface area contributed by atoms with Gasteiger partial charge in [0.05, 0.1) is 33.3 Å². The maximum Gasteiger partial charge on any atom is 0.311 e. The van der Waals surface area contributed by atoms with Gasteiger partial charge in [-0.3, -0.25) is 25.0 Å². The number of benzene rings is 2. The molecule has 1 aromatic heterocycles. The predicted molar refractivity (Wildman–Crippen MR) is 101 cm³/mol. The van der Waals surface area contributed by atoms with E-state index < -0.39 is 38.7 Å². The zero-order valence-electron chi connectivity index (χ0n) is 14.8. The Hall–Kier alpha value is -4.61. The molecule has 12 heteroatoms. The van der Waals surface area contributed by atoms with Gasteiger partial charge in [0.1, 0.15) is 17.3 Å². The summed E-state index contributed by atoms with van der Waals surface area (Å²) in [5.74, 6) is -2.31. The number of hydrazone groups is 1. The van der Waals surface area contributed by atoms with E-state index in [9.17, 15) is 34.5 Å². The van der Waals surface area contributed by atoms with E-state index in [1.807, 2.05) is 0 Å². The lowest BCUT2D eigenvalue weighted by molar-refractivity contribution is -0.385. The van der Waals surface area contributed by atoms with Crippen LogP contribution in [0.3, 0.4) is 0 Å². The standard InChI is InChI=1S/C18H11FN4O7/c19-10-4-6-12(15(8-10)23(28)29)16-7-5-11(30-16)9-20-21-18(25)13-2-1-3-14(17(13)24)22(26)27/h1-9,24H,(H,21,25)/b20-9-. The molecule has 0 fully saturated rings. The number of carbonyl (C=O) groups excluding carboxylic acids is 1. The number of nitro groups is 2. The van der Waals surface area contributed by atoms with Gasteiger partial charge in [-0.25, -0.2) is 9.82 Å². The smallest absolute Gasteiger partial charge is 0.311 e. The van der Waals surface area contributed by atoms with Crippen LogP contribution >= 0.6 is 0 Å². The molecule has 1 amide bonds. The van der Waals surface area contributed by atoms with Gasteiger partial charge < -0.3 is 9.52 Å². The number of amides is 1. The fourth-order valence-electron chi connectivity index (χ4n) is 2.51. The molecule has 0 aliphatic carbocycles. The number of phenolic OH excluding ortho intramolecular Hbond substituents is 1. The number of hydrogen-bond acceptors (Lipinski definition) is 8. The Morgan fingerprint density at radius 2 is 1.83 bits per heavy atom. The van der Waals surface area contributed by atoms with E-state index in [1.54, 1.807) is 0 Å². The topological polar surface area (TPSA) is 161 Å². The fraction of sp³-hybridized carbons (Fsp3) is 0. The summed E-state index contributed by atoms with van der Waals surface area (Å²) >= 11 is 0. The molecular formula is C18H11FN4O7. The number of nitrogens with one attached hydrogen (secondary N) is 1. The van der Waals surface area contributed by atoms with Gasteiger partial charge in [-0.05, 0) is 30.3 Å². The van der Waals surface area contributed by atoms with Crippen LogP contribution in [0.1, 0.15) is 16.1 Å². The number of carbonyl (C=O) groups is 1. The number of furan rings is 1. The summed E-state index contributed by atoms with van der Waals surface area (Å²) in [5.41, 5.74) is 0.641. The second-order valence-corrected chi connectivity index (χ2v) is 5.75. The molecule has 3 rings (SSSR count). The lowest BCUT2D eigenvalue weighted by atomic mass is 10.1. The molecule has 0 unspecified atom stereocenters. The normalized spacial score (nSPS) is 10.8. The average Bonchev–Trinajstić information content (AvgIpc) is 3.16. The third-order valence-electron chi connectivity index (χ3n) is 3.86. The molecule has 1 heterocycles. The summed E-state index contributed by atoms with van der Waals surface area (Å²) in [5, 5.41) is 35.3. The molecule has 0 aliphatic rings. The highest BCUT2D eigenvalue weighted by molar-refractivity contribution is 5.98. The van der Waals surface area contributed by atoms with Gasteiger partial charge in [-0.2, -0.15) is 5.10 Å². The van der Waals surface area contributed by atoms with Crippen molar-refractivity contribution in [3.8, 4) is 17.1 Å². The van der Waals surface area contributed by atoms with Crippen LogP contribution in [0.25, 0.3) is 11.3 Å². The lowest BCUT2D eigenvalue weighted by Gasteiger charge is -2.03. The van der Waals surface area contributed by atoms with Gasteiger partial charge >= 0.3 is 5.69 Å². The summed E-state index contributed by atoms with van der Waals surface area (Å²) < 4.78 is 18.7. The second kappa shape index (κ2) is 8.18. The molecule has 2 N–H and O–H groups in total. The molecule has 0 saturated carbocycles. The first-order valence-corrected chi connectivity index (χ1v) is 8.12. The zero-order valence-corrected chi connectivity index (χ0v) is 14.8. The molecule has 2 aromatic carbocycles. The Labute approximate surface area is 166 Å². The number of para-hydroxylation sites is 1. The maximum atomic E-state index is 13.3. The zero-order chi connectivity index (χ0) is 21.8. The molecule has 30 heavy (non-hydrogen) atoms. The van der Waals surface area contributed by atoms with E-state index in [4.69, 9.17) is 4.42 Å². The van der Waals surface area contributed by atoms with Crippen molar-refractivity contribution >= 4 is 23.5 Å². The summed E-state index contributed by atoms with van der Waals surface area (Å²) in [7, 11) is 0. The quantitative estimate of drug-likeness (QED) is 0.355. The van der Waals surface area contributed by atoms with Crippen molar-refractivity contribution in [2.45, 2.75) is 0 Å². The highest BCUT2D eigenvalue weighted by atomic mass is 19.1. The number of halogens is 1. The van der Waals surface area contributed by atoms with E-state index in [1.165, 1.54) is 30.3 Å². The summed E-state index contributed by atoms with van der Waals surface area (Å²) in [4.78, 5) is 32.4. The fourth-order valence-corrected chi connectivity index (χ4v) is 2.51. The van der Waals surface area contributed by atoms with E-state index >= 15 is 0 Å². The number of phenols is 1. The lowest BCUT2D eigenvalue weighted by Crippen LogP contribution is -2.17. The Morgan fingerprint density at radius 3 is 2.53 bits per heavy atom. The summed E-state index contributed by atoms with van der Waals surface area (Å²) in [6.45, 7) is 0. The van der Waals surface area contributed by atoms with Crippen molar-refractivity contribution in [1.82, 2.24) is 5.43 Å². The van der Waals surface area contributed by atoms with Crippen LogP contribution in [0.5, 0.6) is 5.75 Å². The molecule has 0 bridgehead atoms. The van der Waals surface area contributed by atoms with Crippen LogP contribution in [0, 0.1) is 26.0 Å². The molecular weight excluding hydrogens is 403 g/mol. The number of nitro benzene ring substituents is 2. The highest BCUT2D eigenvalue weighted by Gasteiger charge is 2.21. The Kier molecular flexibility index (Phi) is 5.49. The number of hydrogen-bond donors (Lipinski definition) is 2. The van der Waals surface area contributed by atoms with E-state index in [0.29, 0.717) is 0 Å². The Morgan fingerprint density at radius 1 is 1.10 bits per heavy atom. The van der Waals surface area contributed by atoms with Crippen molar-refractivity contribution in [3.63, 3.8) is 0 Å². The van der Waals surface area contributed by atoms with Crippen LogP contribution in [0.2, 0.25) is 0 Å². The summed E-state index contributed by atoms with van der Waals surface area (Å²) in [6, 6.07) is 9.24. The predicted octanol–water partition coefficient (Wildman–Crippen LogP) is 3.37. The van der Waals surface area contributed by atoms with Crippen molar-refractivity contribution in [1.29, 1.82) is 0 Å². The Bertz CT molecular complexity index is 1190. The maximum absolute atomic E-state index is 13.3. The van der Waals surface area contributed by atoms with Crippen molar-refractivity contribution in [2.75, 3.05) is 0 Å².